The number of hydrogen-bond donors (Lipinski definition) is 1. The van der Waals surface area contributed by atoms with Gasteiger partial charge in [-0.3, -0.25) is 0 Å². The molecule has 62 valence electrons. The van der Waals surface area contributed by atoms with E-state index in [1.807, 2.05) is 6.07 Å². The normalized spacial score (nSPS) is 36.0. The number of fused-ring (bicyclic) bond motifs is 3. The molecule has 0 bridgehead atoms. The van der Waals surface area contributed by atoms with Crippen LogP contribution in [0.4, 0.5) is 0 Å². The Morgan fingerprint density at radius 1 is 1.42 bits per heavy atom. The average molecular weight is 180 g/mol. The van der Waals surface area contributed by atoms with E-state index in [2.05, 4.69) is 12.1 Å². The van der Waals surface area contributed by atoms with Crippen molar-refractivity contribution in [3.8, 4) is 0 Å². The number of rotatable bonds is 0. The number of halogens is 1. The minimum atomic E-state index is 0.429. The summed E-state index contributed by atoms with van der Waals surface area (Å²) in [5.74, 6) is 1.37. The number of nitrogens with two attached hydrogens (primary N) is 1. The van der Waals surface area contributed by atoms with E-state index in [1.165, 1.54) is 11.1 Å². The molecule has 0 radical (unpaired) electrons. The van der Waals surface area contributed by atoms with Gasteiger partial charge in [0.2, 0.25) is 0 Å². The van der Waals surface area contributed by atoms with Gasteiger partial charge in [0.15, 0.2) is 0 Å². The van der Waals surface area contributed by atoms with Crippen molar-refractivity contribution in [3.05, 3.63) is 34.3 Å². The molecule has 2 aliphatic rings. The third kappa shape index (κ3) is 0.732. The minimum Gasteiger partial charge on any atom is -0.327 e. The van der Waals surface area contributed by atoms with Crippen LogP contribution in [0.3, 0.4) is 0 Å². The molecule has 1 nitrogen and oxygen atoms in total. The summed E-state index contributed by atoms with van der Waals surface area (Å²) in [6.45, 7) is 0. The van der Waals surface area contributed by atoms with E-state index in [1.54, 1.807) is 0 Å². The van der Waals surface area contributed by atoms with Gasteiger partial charge in [0.05, 0.1) is 0 Å². The summed E-state index contributed by atoms with van der Waals surface area (Å²) in [5, 5.41) is 0.851. The van der Waals surface area contributed by atoms with Gasteiger partial charge in [-0.05, 0) is 35.6 Å². The molecule has 1 saturated carbocycles. The first-order valence-electron chi connectivity index (χ1n) is 4.31. The van der Waals surface area contributed by atoms with Crippen LogP contribution in [0, 0.1) is 5.92 Å². The smallest absolute Gasteiger partial charge is 0.0408 e. The summed E-state index contributed by atoms with van der Waals surface area (Å²) in [6, 6.07) is 6.61. The van der Waals surface area contributed by atoms with Crippen LogP contribution < -0.4 is 5.73 Å². The van der Waals surface area contributed by atoms with E-state index >= 15 is 0 Å². The van der Waals surface area contributed by atoms with Gasteiger partial charge < -0.3 is 5.73 Å². The van der Waals surface area contributed by atoms with E-state index in [0.29, 0.717) is 12.0 Å². The molecule has 0 spiro atoms. The molecule has 1 fully saturated rings. The number of benzene rings is 1. The standard InChI is InChI=1S/C10H10ClN/c11-6-1-2-7-5(3-6)4-8-9(7)10(8)12/h1-3,8-10H,4,12H2. The molecule has 0 aliphatic heterocycles. The first kappa shape index (κ1) is 6.93. The van der Waals surface area contributed by atoms with E-state index in [9.17, 15) is 0 Å². The Hall–Kier alpha value is -0.530. The topological polar surface area (TPSA) is 26.0 Å². The lowest BCUT2D eigenvalue weighted by Crippen LogP contribution is -2.08. The lowest BCUT2D eigenvalue weighted by atomic mass is 10.1. The molecule has 0 heterocycles. The maximum atomic E-state index is 5.89. The zero-order valence-electron chi connectivity index (χ0n) is 6.63. The van der Waals surface area contributed by atoms with Gasteiger partial charge in [-0.2, -0.15) is 0 Å². The molecule has 1 aromatic rings. The van der Waals surface area contributed by atoms with Crippen LogP contribution in [-0.4, -0.2) is 6.04 Å². The van der Waals surface area contributed by atoms with Crippen molar-refractivity contribution in [1.29, 1.82) is 0 Å². The summed E-state index contributed by atoms with van der Waals surface area (Å²) < 4.78 is 0. The molecule has 0 amide bonds. The summed E-state index contributed by atoms with van der Waals surface area (Å²) in [7, 11) is 0. The van der Waals surface area contributed by atoms with Gasteiger partial charge >= 0.3 is 0 Å². The fraction of sp³-hybridized carbons (Fsp3) is 0.400. The van der Waals surface area contributed by atoms with E-state index in [-0.39, 0.29) is 0 Å². The first-order chi connectivity index (χ1) is 5.77. The summed E-state index contributed by atoms with van der Waals surface area (Å²) in [4.78, 5) is 0. The van der Waals surface area contributed by atoms with Crippen molar-refractivity contribution >= 4 is 11.6 Å². The van der Waals surface area contributed by atoms with Crippen molar-refractivity contribution in [2.75, 3.05) is 0 Å². The van der Waals surface area contributed by atoms with Crippen LogP contribution in [0.5, 0.6) is 0 Å². The maximum absolute atomic E-state index is 5.89. The lowest BCUT2D eigenvalue weighted by Gasteiger charge is -2.04. The van der Waals surface area contributed by atoms with Crippen LogP contribution in [0.15, 0.2) is 18.2 Å². The molecule has 2 N–H and O–H groups in total. The van der Waals surface area contributed by atoms with Gasteiger partial charge in [0, 0.05) is 17.0 Å². The predicted octanol–water partition coefficient (Wildman–Crippen LogP) is 1.94. The van der Waals surface area contributed by atoms with Gasteiger partial charge in [-0.1, -0.05) is 17.7 Å². The van der Waals surface area contributed by atoms with Crippen molar-refractivity contribution in [1.82, 2.24) is 0 Å². The fourth-order valence-corrected chi connectivity index (χ4v) is 2.63. The second kappa shape index (κ2) is 2.04. The molecule has 0 aromatic heterocycles. The highest BCUT2D eigenvalue weighted by Gasteiger charge is 2.53. The van der Waals surface area contributed by atoms with Crippen LogP contribution in [0.1, 0.15) is 17.0 Å². The van der Waals surface area contributed by atoms with E-state index in [4.69, 9.17) is 17.3 Å². The molecule has 3 atom stereocenters. The monoisotopic (exact) mass is 179 g/mol. The molecule has 3 unspecified atom stereocenters. The third-order valence-corrected chi connectivity index (χ3v) is 3.38. The van der Waals surface area contributed by atoms with Gasteiger partial charge in [-0.25, -0.2) is 0 Å². The largest absolute Gasteiger partial charge is 0.327 e. The van der Waals surface area contributed by atoms with Gasteiger partial charge in [0.1, 0.15) is 0 Å². The molecule has 3 rings (SSSR count). The SMILES string of the molecule is NC1C2Cc3cc(Cl)ccc3C12. The second-order valence-corrected chi connectivity index (χ2v) is 4.25. The molecule has 1 aromatic carbocycles. The summed E-state index contributed by atoms with van der Waals surface area (Å²) in [5.41, 5.74) is 8.75. The van der Waals surface area contributed by atoms with Crippen molar-refractivity contribution < 1.29 is 0 Å². The highest BCUT2D eigenvalue weighted by Crippen LogP contribution is 2.55. The summed E-state index contributed by atoms with van der Waals surface area (Å²) in [6.07, 6.45) is 1.14. The Morgan fingerprint density at radius 2 is 2.25 bits per heavy atom. The number of hydrogen-bond acceptors (Lipinski definition) is 1. The molecule has 0 saturated heterocycles. The van der Waals surface area contributed by atoms with Crippen LogP contribution >= 0.6 is 11.6 Å². The molecular weight excluding hydrogens is 170 g/mol. The molecule has 2 heteroatoms. The maximum Gasteiger partial charge on any atom is 0.0408 e. The van der Waals surface area contributed by atoms with Crippen LogP contribution in [0.25, 0.3) is 0 Å². The Balaban J connectivity index is 2.11. The van der Waals surface area contributed by atoms with Crippen molar-refractivity contribution in [2.24, 2.45) is 11.7 Å². The zero-order valence-corrected chi connectivity index (χ0v) is 7.38. The van der Waals surface area contributed by atoms with Crippen LogP contribution in [0.2, 0.25) is 5.02 Å². The minimum absolute atomic E-state index is 0.429. The Morgan fingerprint density at radius 3 is 3.08 bits per heavy atom. The fourth-order valence-electron chi connectivity index (χ4n) is 2.43. The van der Waals surface area contributed by atoms with E-state index < -0.39 is 0 Å². The van der Waals surface area contributed by atoms with Gasteiger partial charge in [0.25, 0.3) is 0 Å². The first-order valence-corrected chi connectivity index (χ1v) is 4.69. The van der Waals surface area contributed by atoms with Gasteiger partial charge in [-0.15, -0.1) is 0 Å². The molecule has 2 aliphatic carbocycles. The highest BCUT2D eigenvalue weighted by atomic mass is 35.5. The Bertz CT molecular complexity index is 348. The molecular formula is C10H10ClN. The lowest BCUT2D eigenvalue weighted by molar-refractivity contribution is 0.801. The summed E-state index contributed by atoms with van der Waals surface area (Å²) >= 11 is 5.89. The highest BCUT2D eigenvalue weighted by molar-refractivity contribution is 6.30. The predicted molar refractivity (Wildman–Crippen MR) is 49.4 cm³/mol. The van der Waals surface area contributed by atoms with Crippen molar-refractivity contribution in [2.45, 2.75) is 18.4 Å². The molecule has 12 heavy (non-hydrogen) atoms. The quantitative estimate of drug-likeness (QED) is 0.647. The van der Waals surface area contributed by atoms with Crippen LogP contribution in [-0.2, 0) is 6.42 Å². The Kier molecular flexibility index (Phi) is 1.18. The second-order valence-electron chi connectivity index (χ2n) is 3.81. The van der Waals surface area contributed by atoms with E-state index in [0.717, 1.165) is 17.4 Å². The van der Waals surface area contributed by atoms with Crippen molar-refractivity contribution in [3.63, 3.8) is 0 Å². The average Bonchev–Trinajstić information content (AvgIpc) is 2.57. The Labute approximate surface area is 76.5 Å². The zero-order chi connectivity index (χ0) is 8.29. The third-order valence-electron chi connectivity index (χ3n) is 3.15.